The number of amidine groups is 1. The number of pyridine rings is 1. The highest BCUT2D eigenvalue weighted by molar-refractivity contribution is 6.43. The van der Waals surface area contributed by atoms with Gasteiger partial charge in [-0.25, -0.2) is 15.2 Å². The number of nitrogens with two attached hydrogens (primary N) is 2. The van der Waals surface area contributed by atoms with E-state index in [1.54, 1.807) is 25.1 Å². The molecule has 0 radical (unpaired) electrons. The number of likely N-dealkylation sites (tertiary alicyclic amines) is 1. The summed E-state index contributed by atoms with van der Waals surface area (Å²) in [4.78, 5) is 23.1. The third-order valence-corrected chi connectivity index (χ3v) is 10.8. The van der Waals surface area contributed by atoms with Gasteiger partial charge in [0.25, 0.3) is 0 Å². The lowest BCUT2D eigenvalue weighted by Crippen LogP contribution is -2.31. The van der Waals surface area contributed by atoms with Crippen molar-refractivity contribution in [2.75, 3.05) is 13.1 Å². The molecular formula is C36H42Cl2FN9O. The topological polar surface area (TPSA) is 161 Å². The summed E-state index contributed by atoms with van der Waals surface area (Å²) in [5.41, 5.74) is 6.41. The lowest BCUT2D eigenvalue weighted by molar-refractivity contribution is -0.133. The van der Waals surface area contributed by atoms with Crippen LogP contribution in [0.15, 0.2) is 35.4 Å². The van der Waals surface area contributed by atoms with Gasteiger partial charge in [-0.1, -0.05) is 35.3 Å². The Balaban J connectivity index is 0.000000292. The van der Waals surface area contributed by atoms with E-state index in [-0.39, 0.29) is 34.8 Å². The Hall–Kier alpha value is -3.95. The Morgan fingerprint density at radius 2 is 2.00 bits per heavy atom. The van der Waals surface area contributed by atoms with E-state index in [4.69, 9.17) is 34.9 Å². The Morgan fingerprint density at radius 1 is 1.22 bits per heavy atom. The maximum absolute atomic E-state index is 16.3. The number of hydrogen-bond donors (Lipinski definition) is 5. The number of hydrogen-bond acceptors (Lipinski definition) is 7. The van der Waals surface area contributed by atoms with Gasteiger partial charge in [0.1, 0.15) is 11.4 Å². The molecule has 2 bridgehead atoms. The molecule has 1 unspecified atom stereocenters. The van der Waals surface area contributed by atoms with E-state index < -0.39 is 5.82 Å². The number of halogens is 3. The van der Waals surface area contributed by atoms with Gasteiger partial charge in [-0.3, -0.25) is 4.79 Å². The molecule has 5 aliphatic rings. The SMILES string of the molecule is C/C(=N/N)NN.C1NC2CC1C2.Cc1nc2c(F)c(-c3cccc(Cl)c3Cl)c(CCC#N)cc2c2[nH]c(C3CCCN3C(=O)C3CC3)cc12. The Morgan fingerprint density at radius 3 is 2.59 bits per heavy atom. The number of nitrogens with zero attached hydrogens (tertiary/aromatic N) is 4. The van der Waals surface area contributed by atoms with Crippen LogP contribution in [0.5, 0.6) is 0 Å². The van der Waals surface area contributed by atoms with Crippen LogP contribution in [0.2, 0.25) is 10.0 Å². The van der Waals surface area contributed by atoms with Crippen LogP contribution in [0.25, 0.3) is 32.9 Å². The normalized spacial score (nSPS) is 21.0. The number of nitriles is 1. The van der Waals surface area contributed by atoms with Crippen molar-refractivity contribution in [3.8, 4) is 17.2 Å². The quantitative estimate of drug-likeness (QED) is 0.0662. The van der Waals surface area contributed by atoms with Crippen molar-refractivity contribution in [3.63, 3.8) is 0 Å². The smallest absolute Gasteiger partial charge is 0.226 e. The number of hydrazine groups is 1. The average molecular weight is 707 g/mol. The van der Waals surface area contributed by atoms with Crippen molar-refractivity contribution < 1.29 is 9.18 Å². The molecule has 258 valence electrons. The molecule has 2 aromatic carbocycles. The molecule has 3 saturated heterocycles. The first-order valence-corrected chi connectivity index (χ1v) is 17.6. The number of aryl methyl sites for hydroxylation is 2. The Bertz CT molecular complexity index is 1930. The van der Waals surface area contributed by atoms with Crippen LogP contribution in [-0.4, -0.2) is 45.7 Å². The fourth-order valence-corrected chi connectivity index (χ4v) is 7.50. The van der Waals surface area contributed by atoms with Crippen LogP contribution in [0.1, 0.15) is 74.9 Å². The van der Waals surface area contributed by atoms with Crippen molar-refractivity contribution in [1.82, 2.24) is 25.6 Å². The van der Waals surface area contributed by atoms with Crippen molar-refractivity contribution in [3.05, 3.63) is 63.1 Å². The Labute approximate surface area is 295 Å². The van der Waals surface area contributed by atoms with Gasteiger partial charge in [-0.05, 0) is 95.0 Å². The van der Waals surface area contributed by atoms with E-state index in [2.05, 4.69) is 37.9 Å². The number of aromatic nitrogens is 2. The summed E-state index contributed by atoms with van der Waals surface area (Å²) in [6, 6.07) is 12.2. The van der Waals surface area contributed by atoms with Gasteiger partial charge in [-0.15, -0.1) is 0 Å². The van der Waals surface area contributed by atoms with Gasteiger partial charge in [-0.2, -0.15) is 10.4 Å². The number of nitrogens with one attached hydrogen (secondary N) is 3. The second-order valence-corrected chi connectivity index (χ2v) is 14.1. The number of rotatable bonds is 5. The predicted molar refractivity (Wildman–Crippen MR) is 193 cm³/mol. The van der Waals surface area contributed by atoms with E-state index in [0.717, 1.165) is 60.8 Å². The maximum atomic E-state index is 16.3. The fraction of sp³-hybridized carbons (Fsp3) is 0.444. The van der Waals surface area contributed by atoms with E-state index in [1.807, 2.05) is 17.9 Å². The molecule has 2 aliphatic carbocycles. The molecule has 5 heterocycles. The minimum Gasteiger partial charge on any atom is -0.356 e. The summed E-state index contributed by atoms with van der Waals surface area (Å²) in [5, 5.41) is 18.0. The van der Waals surface area contributed by atoms with Crippen molar-refractivity contribution in [2.24, 2.45) is 28.6 Å². The minimum absolute atomic E-state index is 0.0117. The number of carbonyl (C=O) groups is 1. The molecule has 10 nitrogen and oxygen atoms in total. The van der Waals surface area contributed by atoms with Crippen molar-refractivity contribution >= 4 is 56.8 Å². The molecule has 1 atom stereocenters. The van der Waals surface area contributed by atoms with E-state index in [9.17, 15) is 10.1 Å². The standard InChI is InChI=1S/C29H25Cl2FN4O.C5H9N.C2H8N4/c1-15-19-14-22(23-8-4-12-36(23)29(37)16-9-10-16)35-27(19)20-13-17(5-3-11-33)24(26(32)28(20)34-15)18-6-2-7-21(30)25(18)31;1-4-2-5(1)6-3-4;1-2(5-3)6-4/h2,6-7,13-14,16,23,35H,3-5,8-10,12H2,1H3;4-6H,1-3H2;3-4H2,1H3,(H,5,6). The monoisotopic (exact) mass is 705 g/mol. The van der Waals surface area contributed by atoms with Crippen LogP contribution in [0, 0.1) is 35.9 Å². The van der Waals surface area contributed by atoms with Crippen LogP contribution < -0.4 is 22.4 Å². The number of amides is 1. The third-order valence-electron chi connectivity index (χ3n) is 9.98. The molecule has 1 amide bonds. The first-order valence-electron chi connectivity index (χ1n) is 16.9. The second-order valence-electron chi connectivity index (χ2n) is 13.4. The van der Waals surface area contributed by atoms with Gasteiger partial charge >= 0.3 is 0 Å². The van der Waals surface area contributed by atoms with Gasteiger partial charge in [0.15, 0.2) is 5.82 Å². The largest absolute Gasteiger partial charge is 0.356 e. The summed E-state index contributed by atoms with van der Waals surface area (Å²) in [7, 11) is 0. The molecule has 7 N–H and O–H groups in total. The zero-order valence-electron chi connectivity index (χ0n) is 27.8. The zero-order chi connectivity index (χ0) is 34.8. The first kappa shape index (κ1) is 34.9. The zero-order valence-corrected chi connectivity index (χ0v) is 29.3. The first-order chi connectivity index (χ1) is 23.6. The van der Waals surface area contributed by atoms with Gasteiger partial charge in [0.05, 0.1) is 27.7 Å². The number of aromatic amines is 1. The molecular weight excluding hydrogens is 664 g/mol. The van der Waals surface area contributed by atoms with Gasteiger partial charge < -0.3 is 26.5 Å². The van der Waals surface area contributed by atoms with Crippen LogP contribution >= 0.6 is 23.2 Å². The van der Waals surface area contributed by atoms with E-state index >= 15 is 4.39 Å². The highest BCUT2D eigenvalue weighted by atomic mass is 35.5. The molecule has 2 aromatic heterocycles. The lowest BCUT2D eigenvalue weighted by atomic mass is 9.87. The third kappa shape index (κ3) is 7.19. The van der Waals surface area contributed by atoms with Gasteiger partial charge in [0.2, 0.25) is 5.91 Å². The predicted octanol–water partition coefficient (Wildman–Crippen LogP) is 6.78. The lowest BCUT2D eigenvalue weighted by Gasteiger charge is -2.24. The fourth-order valence-electron chi connectivity index (χ4n) is 7.11. The summed E-state index contributed by atoms with van der Waals surface area (Å²) in [6.07, 6.45) is 7.35. The molecule has 0 spiro atoms. The number of carbonyl (C=O) groups excluding carboxylic acids is 1. The molecule has 4 aromatic rings. The van der Waals surface area contributed by atoms with Crippen molar-refractivity contribution in [1.29, 1.82) is 5.26 Å². The minimum atomic E-state index is -0.484. The summed E-state index contributed by atoms with van der Waals surface area (Å²) in [5.74, 6) is 11.1. The highest BCUT2D eigenvalue weighted by Gasteiger charge is 2.39. The second kappa shape index (κ2) is 14.9. The number of hydrazone groups is 1. The van der Waals surface area contributed by atoms with E-state index in [0.29, 0.717) is 45.0 Å². The van der Waals surface area contributed by atoms with Gasteiger partial charge in [0, 0.05) is 58.2 Å². The van der Waals surface area contributed by atoms with Crippen LogP contribution in [0.3, 0.4) is 0 Å². The molecule has 5 fully saturated rings. The highest BCUT2D eigenvalue weighted by Crippen LogP contribution is 2.43. The number of fused-ring (bicyclic) bond motifs is 4. The van der Waals surface area contributed by atoms with Crippen molar-refractivity contribution in [2.45, 2.75) is 77.3 Å². The number of H-pyrrole nitrogens is 1. The molecule has 9 rings (SSSR count). The Kier molecular flexibility index (Phi) is 10.6. The van der Waals surface area contributed by atoms with Crippen LogP contribution in [-0.2, 0) is 11.2 Å². The molecule has 49 heavy (non-hydrogen) atoms. The maximum Gasteiger partial charge on any atom is 0.226 e. The summed E-state index contributed by atoms with van der Waals surface area (Å²) in [6.45, 7) is 5.62. The molecule has 13 heteroatoms. The average Bonchev–Trinajstić information content (AvgIpc) is 3.50. The molecule has 2 saturated carbocycles. The van der Waals surface area contributed by atoms with E-state index in [1.165, 1.54) is 19.4 Å². The summed E-state index contributed by atoms with van der Waals surface area (Å²) < 4.78 is 16.3. The van der Waals surface area contributed by atoms with Crippen LogP contribution in [0.4, 0.5) is 4.39 Å². The number of benzene rings is 2. The molecule has 3 aliphatic heterocycles. The summed E-state index contributed by atoms with van der Waals surface area (Å²) >= 11 is 12.8.